The SMILES string of the molecule is CCN1C(=O)/C(=C2/SC=C(CC(=O)OC)S2)C(=O)NC1=S. The lowest BCUT2D eigenvalue weighted by molar-refractivity contribution is -0.139. The standard InChI is InChI=1S/C12H12N2O4S3/c1-3-14-10(17)8(9(16)13-12(14)19)11-20-5-6(21-11)4-7(15)18-2/h5H,3-4H2,1-2H3,(H,13,16,19)/b11-8-. The van der Waals surface area contributed by atoms with Crippen molar-refractivity contribution in [3.8, 4) is 0 Å². The van der Waals surface area contributed by atoms with Crippen LogP contribution in [0, 0.1) is 0 Å². The topological polar surface area (TPSA) is 75.7 Å². The Hall–Kier alpha value is -1.32. The van der Waals surface area contributed by atoms with Crippen LogP contribution in [0.2, 0.25) is 0 Å². The number of thioether (sulfide) groups is 2. The molecule has 0 unspecified atom stereocenters. The molecule has 0 radical (unpaired) electrons. The zero-order valence-electron chi connectivity index (χ0n) is 11.3. The van der Waals surface area contributed by atoms with E-state index in [1.165, 1.54) is 35.5 Å². The first-order valence-electron chi connectivity index (χ1n) is 5.99. The number of carbonyl (C=O) groups is 3. The van der Waals surface area contributed by atoms with E-state index in [1.54, 1.807) is 12.3 Å². The molecule has 0 aromatic heterocycles. The minimum atomic E-state index is -0.502. The average Bonchev–Trinajstić information content (AvgIpc) is 2.86. The number of thiocarbonyl (C=S) groups is 1. The van der Waals surface area contributed by atoms with Gasteiger partial charge in [-0.1, -0.05) is 23.5 Å². The number of hydrogen-bond acceptors (Lipinski definition) is 7. The van der Waals surface area contributed by atoms with Crippen molar-refractivity contribution < 1.29 is 19.1 Å². The molecule has 0 aromatic rings. The van der Waals surface area contributed by atoms with Crippen LogP contribution in [0.4, 0.5) is 0 Å². The first-order chi connectivity index (χ1) is 9.97. The predicted octanol–water partition coefficient (Wildman–Crippen LogP) is 1.35. The number of carbonyl (C=O) groups excluding carboxylic acids is 3. The van der Waals surface area contributed by atoms with Gasteiger partial charge in [0.25, 0.3) is 11.8 Å². The van der Waals surface area contributed by atoms with Crippen LogP contribution in [0.1, 0.15) is 13.3 Å². The highest BCUT2D eigenvalue weighted by molar-refractivity contribution is 8.28. The second-order valence-electron chi connectivity index (χ2n) is 4.03. The lowest BCUT2D eigenvalue weighted by Gasteiger charge is -2.28. The van der Waals surface area contributed by atoms with Crippen molar-refractivity contribution in [3.63, 3.8) is 0 Å². The second-order valence-corrected chi connectivity index (χ2v) is 6.69. The molecule has 1 saturated heterocycles. The summed E-state index contributed by atoms with van der Waals surface area (Å²) in [5.41, 5.74) is 0.0663. The molecule has 0 atom stereocenters. The third-order valence-corrected chi connectivity index (χ3v) is 5.48. The molecule has 0 spiro atoms. The van der Waals surface area contributed by atoms with Crippen molar-refractivity contribution in [1.82, 2.24) is 10.2 Å². The maximum atomic E-state index is 12.3. The van der Waals surface area contributed by atoms with Gasteiger partial charge in [0.1, 0.15) is 5.57 Å². The molecule has 2 amide bonds. The molecule has 1 N–H and O–H groups in total. The molecule has 0 aliphatic carbocycles. The Labute approximate surface area is 135 Å². The largest absolute Gasteiger partial charge is 0.469 e. The minimum absolute atomic E-state index is 0.0663. The first-order valence-corrected chi connectivity index (χ1v) is 8.10. The van der Waals surface area contributed by atoms with Gasteiger partial charge < -0.3 is 4.74 Å². The van der Waals surface area contributed by atoms with Crippen LogP contribution >= 0.6 is 35.7 Å². The summed E-state index contributed by atoms with van der Waals surface area (Å²) in [4.78, 5) is 37.7. The highest BCUT2D eigenvalue weighted by Crippen LogP contribution is 2.47. The smallest absolute Gasteiger partial charge is 0.310 e. The summed E-state index contributed by atoms with van der Waals surface area (Å²) in [6, 6.07) is 0. The van der Waals surface area contributed by atoms with Crippen molar-refractivity contribution in [3.05, 3.63) is 20.1 Å². The molecule has 0 saturated carbocycles. The second kappa shape index (κ2) is 6.63. The fraction of sp³-hybridized carbons (Fsp3) is 0.333. The van der Waals surface area contributed by atoms with E-state index < -0.39 is 11.8 Å². The van der Waals surface area contributed by atoms with E-state index in [9.17, 15) is 14.4 Å². The van der Waals surface area contributed by atoms with E-state index in [-0.39, 0.29) is 23.1 Å². The Balaban J connectivity index is 2.21. The fourth-order valence-electron chi connectivity index (χ4n) is 1.71. The number of likely N-dealkylation sites (N-methyl/N-ethyl adjacent to an activating group) is 1. The summed E-state index contributed by atoms with van der Waals surface area (Å²) in [5.74, 6) is -1.28. The van der Waals surface area contributed by atoms with Gasteiger partial charge in [-0.2, -0.15) is 0 Å². The van der Waals surface area contributed by atoms with Gasteiger partial charge in [0, 0.05) is 11.4 Å². The van der Waals surface area contributed by atoms with Crippen LogP contribution in [-0.4, -0.2) is 41.5 Å². The molecule has 112 valence electrons. The number of rotatable bonds is 3. The van der Waals surface area contributed by atoms with Gasteiger partial charge in [-0.25, -0.2) is 0 Å². The van der Waals surface area contributed by atoms with E-state index >= 15 is 0 Å². The van der Waals surface area contributed by atoms with Crippen LogP contribution in [-0.2, 0) is 19.1 Å². The van der Waals surface area contributed by atoms with Gasteiger partial charge in [0.15, 0.2) is 5.11 Å². The Morgan fingerprint density at radius 2 is 2.19 bits per heavy atom. The van der Waals surface area contributed by atoms with Gasteiger partial charge in [0.05, 0.1) is 17.8 Å². The van der Waals surface area contributed by atoms with Gasteiger partial charge in [-0.3, -0.25) is 24.6 Å². The van der Waals surface area contributed by atoms with Crippen LogP contribution in [0.3, 0.4) is 0 Å². The van der Waals surface area contributed by atoms with E-state index in [1.807, 2.05) is 0 Å². The summed E-state index contributed by atoms with van der Waals surface area (Å²) in [7, 11) is 1.31. The predicted molar refractivity (Wildman–Crippen MR) is 85.1 cm³/mol. The van der Waals surface area contributed by atoms with Crippen LogP contribution in [0.15, 0.2) is 20.1 Å². The lowest BCUT2D eigenvalue weighted by Crippen LogP contribution is -2.54. The van der Waals surface area contributed by atoms with E-state index in [4.69, 9.17) is 12.2 Å². The molecule has 0 bridgehead atoms. The quantitative estimate of drug-likeness (QED) is 0.358. The summed E-state index contributed by atoms with van der Waals surface area (Å²) < 4.78 is 5.15. The summed E-state index contributed by atoms with van der Waals surface area (Å²) >= 11 is 7.45. The fourth-order valence-corrected chi connectivity index (χ4v) is 4.34. The molecule has 6 nitrogen and oxygen atoms in total. The van der Waals surface area contributed by atoms with Crippen molar-refractivity contribution >= 4 is 58.6 Å². The van der Waals surface area contributed by atoms with Crippen molar-refractivity contribution in [1.29, 1.82) is 0 Å². The third kappa shape index (κ3) is 3.30. The summed E-state index contributed by atoms with van der Waals surface area (Å²) in [6.07, 6.45) is 0.122. The van der Waals surface area contributed by atoms with E-state index in [2.05, 4.69) is 10.1 Å². The Morgan fingerprint density at radius 3 is 2.81 bits per heavy atom. The molecular formula is C12H12N2O4S3. The summed E-state index contributed by atoms with van der Waals surface area (Å²) in [6.45, 7) is 2.16. The molecule has 0 aromatic carbocycles. The maximum absolute atomic E-state index is 12.3. The molecule has 1 fully saturated rings. The Bertz CT molecular complexity index is 597. The molecular weight excluding hydrogens is 332 g/mol. The zero-order chi connectivity index (χ0) is 15.6. The number of amides is 2. The number of esters is 1. The Morgan fingerprint density at radius 1 is 1.48 bits per heavy atom. The molecule has 2 aliphatic heterocycles. The van der Waals surface area contributed by atoms with E-state index in [0.717, 1.165) is 4.91 Å². The number of nitrogens with zero attached hydrogens (tertiary/aromatic N) is 1. The minimum Gasteiger partial charge on any atom is -0.469 e. The zero-order valence-corrected chi connectivity index (χ0v) is 13.7. The monoisotopic (exact) mass is 344 g/mol. The van der Waals surface area contributed by atoms with Crippen molar-refractivity contribution in [2.24, 2.45) is 0 Å². The Kier molecular flexibility index (Phi) is 5.07. The van der Waals surface area contributed by atoms with Crippen LogP contribution in [0.5, 0.6) is 0 Å². The summed E-state index contributed by atoms with van der Waals surface area (Å²) in [5, 5.41) is 4.36. The highest BCUT2D eigenvalue weighted by atomic mass is 32.2. The highest BCUT2D eigenvalue weighted by Gasteiger charge is 2.36. The number of ether oxygens (including phenoxy) is 1. The van der Waals surface area contributed by atoms with Gasteiger partial charge in [-0.15, -0.1) is 0 Å². The van der Waals surface area contributed by atoms with Crippen molar-refractivity contribution in [2.75, 3.05) is 13.7 Å². The molecule has 2 aliphatic rings. The van der Waals surface area contributed by atoms with Gasteiger partial charge >= 0.3 is 5.97 Å². The number of hydrogen-bond donors (Lipinski definition) is 1. The maximum Gasteiger partial charge on any atom is 0.310 e. The molecule has 9 heteroatoms. The lowest BCUT2D eigenvalue weighted by atomic mass is 10.2. The third-order valence-electron chi connectivity index (χ3n) is 2.74. The van der Waals surface area contributed by atoms with Crippen LogP contribution in [0.25, 0.3) is 0 Å². The van der Waals surface area contributed by atoms with E-state index in [0.29, 0.717) is 10.8 Å². The number of methoxy groups -OCH3 is 1. The van der Waals surface area contributed by atoms with Crippen molar-refractivity contribution in [2.45, 2.75) is 13.3 Å². The average molecular weight is 344 g/mol. The van der Waals surface area contributed by atoms with Gasteiger partial charge in [-0.05, 0) is 24.5 Å². The normalized spacial score (nSPS) is 22.3. The molecule has 2 heterocycles. The first kappa shape index (κ1) is 16.1. The molecule has 21 heavy (non-hydrogen) atoms. The van der Waals surface area contributed by atoms with Crippen LogP contribution < -0.4 is 5.32 Å². The number of nitrogens with one attached hydrogen (secondary N) is 1. The van der Waals surface area contributed by atoms with Gasteiger partial charge in [0.2, 0.25) is 0 Å². The molecule has 2 rings (SSSR count).